The van der Waals surface area contributed by atoms with Crippen LogP contribution in [0.25, 0.3) is 0 Å². The second-order valence-electron chi connectivity index (χ2n) is 4.61. The molecule has 2 unspecified atom stereocenters. The Bertz CT molecular complexity index is 345. The highest BCUT2D eigenvalue weighted by molar-refractivity contribution is 5.78. The molecule has 0 aromatic heterocycles. The van der Waals surface area contributed by atoms with Gasteiger partial charge >= 0.3 is 12.0 Å². The molecule has 0 bridgehead atoms. The molecule has 7 heteroatoms. The van der Waals surface area contributed by atoms with Gasteiger partial charge in [-0.25, -0.2) is 4.79 Å². The van der Waals surface area contributed by atoms with E-state index in [1.807, 2.05) is 0 Å². The number of aliphatic carboxylic acids is 1. The third-order valence-electron chi connectivity index (χ3n) is 2.93. The zero-order chi connectivity index (χ0) is 13.7. The zero-order valence-electron chi connectivity index (χ0n) is 10.4. The number of hydrogen-bond acceptors (Lipinski definition) is 3. The largest absolute Gasteiger partial charge is 0.481 e. The summed E-state index contributed by atoms with van der Waals surface area (Å²) in [6.07, 6.45) is 1.53. The molecule has 1 rings (SSSR count). The maximum Gasteiger partial charge on any atom is 0.317 e. The lowest BCUT2D eigenvalue weighted by Crippen LogP contribution is -2.47. The number of carboxylic acids is 1. The van der Waals surface area contributed by atoms with Crippen molar-refractivity contribution < 1.29 is 19.5 Å². The predicted octanol–water partition coefficient (Wildman–Crippen LogP) is -0.101. The summed E-state index contributed by atoms with van der Waals surface area (Å²) in [6, 6.07) is -0.933. The first-order valence-electron chi connectivity index (χ1n) is 5.97. The van der Waals surface area contributed by atoms with Gasteiger partial charge < -0.3 is 21.1 Å². The van der Waals surface area contributed by atoms with E-state index in [9.17, 15) is 14.4 Å². The molecule has 4 N–H and O–H groups in total. The summed E-state index contributed by atoms with van der Waals surface area (Å²) in [4.78, 5) is 34.8. The summed E-state index contributed by atoms with van der Waals surface area (Å²) in [5, 5.41) is 11.4. The summed E-state index contributed by atoms with van der Waals surface area (Å²) in [5.41, 5.74) is 5.03. The number of likely N-dealkylation sites (tertiary alicyclic amines) is 1. The van der Waals surface area contributed by atoms with Gasteiger partial charge in [-0.15, -0.1) is 0 Å². The minimum absolute atomic E-state index is 0.0440. The first kappa shape index (κ1) is 14.3. The van der Waals surface area contributed by atoms with Crippen LogP contribution in [0.1, 0.15) is 32.6 Å². The normalized spacial score (nSPS) is 20.5. The van der Waals surface area contributed by atoms with Crippen molar-refractivity contribution in [3.05, 3.63) is 0 Å². The smallest absolute Gasteiger partial charge is 0.317 e. The third kappa shape index (κ3) is 4.23. The number of nitrogens with one attached hydrogen (secondary N) is 1. The molecule has 102 valence electrons. The molecular weight excluding hydrogens is 238 g/mol. The first-order valence-corrected chi connectivity index (χ1v) is 5.97. The molecule has 1 aliphatic rings. The van der Waals surface area contributed by atoms with E-state index in [0.29, 0.717) is 13.0 Å². The fraction of sp³-hybridized carbons (Fsp3) is 0.727. The monoisotopic (exact) mass is 257 g/mol. The number of nitrogens with two attached hydrogens (primary N) is 1. The van der Waals surface area contributed by atoms with Crippen molar-refractivity contribution in [1.82, 2.24) is 10.2 Å². The van der Waals surface area contributed by atoms with E-state index >= 15 is 0 Å². The van der Waals surface area contributed by atoms with Crippen molar-refractivity contribution in [2.75, 3.05) is 6.54 Å². The summed E-state index contributed by atoms with van der Waals surface area (Å²) < 4.78 is 0. The van der Waals surface area contributed by atoms with Gasteiger partial charge in [0.15, 0.2) is 0 Å². The van der Waals surface area contributed by atoms with Crippen LogP contribution in [0.5, 0.6) is 0 Å². The molecule has 1 heterocycles. The van der Waals surface area contributed by atoms with Crippen molar-refractivity contribution in [1.29, 1.82) is 0 Å². The van der Waals surface area contributed by atoms with Gasteiger partial charge in [0.1, 0.15) is 0 Å². The summed E-state index contributed by atoms with van der Waals surface area (Å²) in [5.74, 6) is -1.39. The predicted molar refractivity (Wildman–Crippen MR) is 63.8 cm³/mol. The summed E-state index contributed by atoms with van der Waals surface area (Å²) in [6.45, 7) is 2.23. The lowest BCUT2D eigenvalue weighted by Gasteiger charge is -2.25. The molecule has 3 amide bonds. The van der Waals surface area contributed by atoms with Gasteiger partial charge in [0.2, 0.25) is 5.91 Å². The Morgan fingerprint density at radius 1 is 1.50 bits per heavy atom. The number of carbonyl (C=O) groups is 3. The van der Waals surface area contributed by atoms with Crippen molar-refractivity contribution in [2.24, 2.45) is 5.73 Å². The Morgan fingerprint density at radius 3 is 2.72 bits per heavy atom. The minimum atomic E-state index is -0.912. The third-order valence-corrected chi connectivity index (χ3v) is 2.93. The number of carbonyl (C=O) groups excluding carboxylic acids is 2. The maximum atomic E-state index is 11.9. The Labute approximate surface area is 105 Å². The van der Waals surface area contributed by atoms with Crippen LogP contribution < -0.4 is 11.1 Å². The van der Waals surface area contributed by atoms with E-state index in [-0.39, 0.29) is 31.0 Å². The van der Waals surface area contributed by atoms with Crippen LogP contribution in [0.3, 0.4) is 0 Å². The number of carboxylic acid groups (broad SMARTS) is 1. The molecule has 1 saturated heterocycles. The van der Waals surface area contributed by atoms with E-state index < -0.39 is 11.9 Å². The number of rotatable bonds is 5. The Balaban J connectivity index is 2.49. The quantitative estimate of drug-likeness (QED) is 0.638. The highest BCUT2D eigenvalue weighted by atomic mass is 16.4. The van der Waals surface area contributed by atoms with E-state index in [1.165, 1.54) is 4.90 Å². The molecule has 18 heavy (non-hydrogen) atoms. The molecule has 0 saturated carbocycles. The number of amides is 3. The molecule has 0 aliphatic carbocycles. The van der Waals surface area contributed by atoms with Crippen molar-refractivity contribution in [3.63, 3.8) is 0 Å². The Morgan fingerprint density at radius 2 is 2.17 bits per heavy atom. The SMILES string of the molecule is CC(CC(N)=O)NC(=O)N1CCCC1CC(=O)O. The lowest BCUT2D eigenvalue weighted by molar-refractivity contribution is -0.138. The topological polar surface area (TPSA) is 113 Å². The maximum absolute atomic E-state index is 11.9. The second kappa shape index (κ2) is 6.23. The van der Waals surface area contributed by atoms with Crippen LogP contribution in [0, 0.1) is 0 Å². The van der Waals surface area contributed by atoms with E-state index in [0.717, 1.165) is 6.42 Å². The van der Waals surface area contributed by atoms with Crippen LogP contribution in [-0.2, 0) is 9.59 Å². The van der Waals surface area contributed by atoms with Gasteiger partial charge in [-0.05, 0) is 19.8 Å². The highest BCUT2D eigenvalue weighted by Gasteiger charge is 2.30. The van der Waals surface area contributed by atoms with E-state index in [1.54, 1.807) is 6.92 Å². The molecule has 0 aromatic carbocycles. The van der Waals surface area contributed by atoms with Gasteiger partial charge in [0.05, 0.1) is 6.42 Å². The first-order chi connectivity index (χ1) is 8.40. The fourth-order valence-electron chi connectivity index (χ4n) is 2.16. The molecule has 2 atom stereocenters. The van der Waals surface area contributed by atoms with Gasteiger partial charge in [0.25, 0.3) is 0 Å². The van der Waals surface area contributed by atoms with Gasteiger partial charge in [-0.1, -0.05) is 0 Å². The molecule has 0 aromatic rings. The van der Waals surface area contributed by atoms with E-state index in [4.69, 9.17) is 10.8 Å². The zero-order valence-corrected chi connectivity index (χ0v) is 10.4. The fourth-order valence-corrected chi connectivity index (χ4v) is 2.16. The number of nitrogens with zero attached hydrogens (tertiary/aromatic N) is 1. The molecular formula is C11H19N3O4. The molecule has 0 radical (unpaired) electrons. The average molecular weight is 257 g/mol. The van der Waals surface area contributed by atoms with Gasteiger partial charge in [-0.2, -0.15) is 0 Å². The molecule has 7 nitrogen and oxygen atoms in total. The highest BCUT2D eigenvalue weighted by Crippen LogP contribution is 2.20. The summed E-state index contributed by atoms with van der Waals surface area (Å²) in [7, 11) is 0. The van der Waals surface area contributed by atoms with E-state index in [2.05, 4.69) is 5.32 Å². The molecule has 0 spiro atoms. The molecule has 1 aliphatic heterocycles. The molecule has 1 fully saturated rings. The van der Waals surface area contributed by atoms with Gasteiger partial charge in [-0.3, -0.25) is 9.59 Å². The second-order valence-corrected chi connectivity index (χ2v) is 4.61. The standard InChI is InChI=1S/C11H19N3O4/c1-7(5-9(12)15)13-11(18)14-4-2-3-8(14)6-10(16)17/h7-8H,2-6H2,1H3,(H2,12,15)(H,13,18)(H,16,17). The Kier molecular flexibility index (Phi) is 4.94. The number of primary amides is 1. The summed E-state index contributed by atoms with van der Waals surface area (Å²) >= 11 is 0. The van der Waals surface area contributed by atoms with Crippen LogP contribution in [0.15, 0.2) is 0 Å². The van der Waals surface area contributed by atoms with Crippen LogP contribution in [0.4, 0.5) is 4.79 Å². The lowest BCUT2D eigenvalue weighted by atomic mass is 10.1. The van der Waals surface area contributed by atoms with Gasteiger partial charge in [0, 0.05) is 25.0 Å². The average Bonchev–Trinajstić information content (AvgIpc) is 2.62. The van der Waals surface area contributed by atoms with Crippen LogP contribution in [0.2, 0.25) is 0 Å². The van der Waals surface area contributed by atoms with Crippen molar-refractivity contribution in [2.45, 2.75) is 44.7 Å². The van der Waals surface area contributed by atoms with Crippen molar-refractivity contribution >= 4 is 17.9 Å². The minimum Gasteiger partial charge on any atom is -0.481 e. The Hall–Kier alpha value is -1.79. The van der Waals surface area contributed by atoms with Crippen LogP contribution in [-0.4, -0.2) is 46.5 Å². The van der Waals surface area contributed by atoms with Crippen LogP contribution >= 0.6 is 0 Å². The van der Waals surface area contributed by atoms with Crippen molar-refractivity contribution in [3.8, 4) is 0 Å². The number of urea groups is 1. The number of hydrogen-bond donors (Lipinski definition) is 3.